The van der Waals surface area contributed by atoms with E-state index in [1.54, 1.807) is 12.4 Å². The molecular formula is C29H32N4O. The number of aromatic nitrogens is 2. The maximum absolute atomic E-state index is 13.8. The summed E-state index contributed by atoms with van der Waals surface area (Å²) in [5.41, 5.74) is 5.05. The Bertz CT molecular complexity index is 1160. The Morgan fingerprint density at radius 2 is 1.74 bits per heavy atom. The number of hydrogen-bond acceptors (Lipinski definition) is 4. The molecule has 0 bridgehead atoms. The van der Waals surface area contributed by atoms with E-state index in [-0.39, 0.29) is 12.0 Å². The molecule has 5 heteroatoms. The molecule has 3 aliphatic rings. The summed E-state index contributed by atoms with van der Waals surface area (Å²) < 4.78 is 0. The molecule has 1 amide bonds. The molecule has 0 N–H and O–H groups in total. The Hall–Kier alpha value is -3.05. The Labute approximate surface area is 201 Å². The summed E-state index contributed by atoms with van der Waals surface area (Å²) in [4.78, 5) is 22.7. The van der Waals surface area contributed by atoms with E-state index in [4.69, 9.17) is 0 Å². The Kier molecular flexibility index (Phi) is 5.88. The highest BCUT2D eigenvalue weighted by Gasteiger charge is 2.46. The van der Waals surface area contributed by atoms with Gasteiger partial charge in [-0.1, -0.05) is 61.7 Å². The minimum absolute atomic E-state index is 0.177. The first-order chi connectivity index (χ1) is 16.8. The molecule has 1 aromatic heterocycles. The Balaban J connectivity index is 1.35. The lowest BCUT2D eigenvalue weighted by Gasteiger charge is -2.37. The number of nitrogens with zero attached hydrogens (tertiary/aromatic N) is 4. The summed E-state index contributed by atoms with van der Waals surface area (Å²) in [7, 11) is 0. The fourth-order valence-corrected chi connectivity index (χ4v) is 6.28. The molecule has 5 nitrogen and oxygen atoms in total. The van der Waals surface area contributed by atoms with Gasteiger partial charge in [-0.05, 0) is 60.4 Å². The van der Waals surface area contributed by atoms with Crippen LogP contribution in [0.4, 0.5) is 0 Å². The van der Waals surface area contributed by atoms with Crippen molar-refractivity contribution in [1.29, 1.82) is 0 Å². The van der Waals surface area contributed by atoms with Gasteiger partial charge in [0, 0.05) is 37.0 Å². The zero-order chi connectivity index (χ0) is 22.9. The fraction of sp³-hybridized carbons (Fsp3) is 0.414. The molecule has 1 saturated heterocycles. The van der Waals surface area contributed by atoms with Gasteiger partial charge in [0.15, 0.2) is 5.82 Å². The van der Waals surface area contributed by atoms with Gasteiger partial charge in [-0.25, -0.2) is 15.0 Å². The molecule has 1 saturated carbocycles. The van der Waals surface area contributed by atoms with E-state index in [1.165, 1.54) is 36.0 Å². The largest absolute Gasteiger partial charge is 0.274 e. The monoisotopic (exact) mass is 452 g/mol. The van der Waals surface area contributed by atoms with Gasteiger partial charge in [0.25, 0.3) is 0 Å². The van der Waals surface area contributed by atoms with Crippen LogP contribution in [0, 0.1) is 11.8 Å². The number of hydrogen-bond donors (Lipinski definition) is 0. The topological polar surface area (TPSA) is 49.3 Å². The lowest BCUT2D eigenvalue weighted by Crippen LogP contribution is -2.45. The number of carbonyl (C=O) groups excluding carboxylic acids is 1. The second kappa shape index (κ2) is 9.30. The molecule has 1 aliphatic heterocycles. The number of rotatable bonds is 4. The first kappa shape index (κ1) is 21.5. The molecule has 2 aliphatic carbocycles. The van der Waals surface area contributed by atoms with Gasteiger partial charge in [-0.15, -0.1) is 0 Å². The van der Waals surface area contributed by atoms with Crippen LogP contribution in [-0.2, 0) is 17.8 Å². The summed E-state index contributed by atoms with van der Waals surface area (Å²) in [6.07, 6.45) is 11.5. The van der Waals surface area contributed by atoms with Crippen LogP contribution in [0.25, 0.3) is 11.4 Å². The number of aryl methyl sites for hydroxylation is 1. The molecule has 2 fully saturated rings. The molecule has 0 spiro atoms. The van der Waals surface area contributed by atoms with Crippen LogP contribution in [0.2, 0.25) is 0 Å². The first-order valence-corrected chi connectivity index (χ1v) is 12.8. The van der Waals surface area contributed by atoms with Crippen molar-refractivity contribution in [2.45, 2.75) is 57.5 Å². The molecule has 0 radical (unpaired) electrons. The number of carbonyl (C=O) groups is 1. The fourth-order valence-electron chi connectivity index (χ4n) is 6.28. The average Bonchev–Trinajstić information content (AvgIpc) is 3.28. The van der Waals surface area contributed by atoms with Gasteiger partial charge >= 0.3 is 0 Å². The molecule has 34 heavy (non-hydrogen) atoms. The lowest BCUT2D eigenvalue weighted by atomic mass is 9.80. The highest BCUT2D eigenvalue weighted by Crippen LogP contribution is 2.46. The van der Waals surface area contributed by atoms with Crippen molar-refractivity contribution in [2.75, 3.05) is 6.54 Å². The summed E-state index contributed by atoms with van der Waals surface area (Å²) in [5, 5.41) is 4.53. The summed E-state index contributed by atoms with van der Waals surface area (Å²) in [5.74, 6) is 1.75. The van der Waals surface area contributed by atoms with Crippen molar-refractivity contribution in [3.8, 4) is 11.4 Å². The lowest BCUT2D eigenvalue weighted by molar-refractivity contribution is -0.152. The first-order valence-electron chi connectivity index (χ1n) is 12.8. The van der Waals surface area contributed by atoms with E-state index in [2.05, 4.69) is 68.5 Å². The Morgan fingerprint density at radius 3 is 2.59 bits per heavy atom. The van der Waals surface area contributed by atoms with Crippen LogP contribution in [0.5, 0.6) is 0 Å². The summed E-state index contributed by atoms with van der Waals surface area (Å²) >= 11 is 0. The predicted molar refractivity (Wildman–Crippen MR) is 132 cm³/mol. The van der Waals surface area contributed by atoms with Crippen LogP contribution in [-0.4, -0.2) is 32.4 Å². The van der Waals surface area contributed by atoms with E-state index in [1.807, 2.05) is 6.07 Å². The van der Waals surface area contributed by atoms with Crippen LogP contribution in [0.15, 0.2) is 67.0 Å². The van der Waals surface area contributed by atoms with Crippen molar-refractivity contribution >= 4 is 5.91 Å². The van der Waals surface area contributed by atoms with E-state index >= 15 is 0 Å². The highest BCUT2D eigenvalue weighted by atomic mass is 16.2. The van der Waals surface area contributed by atoms with Crippen LogP contribution in [0.3, 0.4) is 0 Å². The SMILES string of the molecule is O=C(C1CCCCC1)N1C[C@@H]2CCc3ccccc3[C@@H]2N1Cc1cccc(-c2ncccn2)c1. The smallest absolute Gasteiger partial charge is 0.240 e. The van der Waals surface area contributed by atoms with Crippen LogP contribution >= 0.6 is 0 Å². The predicted octanol–water partition coefficient (Wildman–Crippen LogP) is 5.59. The third-order valence-corrected chi connectivity index (χ3v) is 7.95. The zero-order valence-corrected chi connectivity index (χ0v) is 19.6. The van der Waals surface area contributed by atoms with Crippen molar-refractivity contribution in [3.63, 3.8) is 0 Å². The van der Waals surface area contributed by atoms with Crippen molar-refractivity contribution in [1.82, 2.24) is 20.0 Å². The van der Waals surface area contributed by atoms with Crippen molar-refractivity contribution in [2.24, 2.45) is 11.8 Å². The van der Waals surface area contributed by atoms with Gasteiger partial charge in [0.2, 0.25) is 5.91 Å². The molecular weight excluding hydrogens is 420 g/mol. The van der Waals surface area contributed by atoms with Gasteiger partial charge < -0.3 is 0 Å². The van der Waals surface area contributed by atoms with Gasteiger partial charge in [-0.2, -0.15) is 0 Å². The van der Waals surface area contributed by atoms with E-state index in [0.717, 1.165) is 43.6 Å². The molecule has 2 aromatic carbocycles. The number of benzene rings is 2. The standard InChI is InChI=1S/C29H32N4O/c34-29(23-10-2-1-3-11-23)33-20-25-15-14-22-9-4-5-13-26(22)27(25)32(33)19-21-8-6-12-24(18-21)28-30-16-7-17-31-28/h4-9,12-13,16-18,23,25,27H,1-3,10-11,14-15,19-20H2/t25-,27+/m0/s1. The van der Waals surface area contributed by atoms with E-state index in [0.29, 0.717) is 18.4 Å². The minimum Gasteiger partial charge on any atom is -0.274 e. The summed E-state index contributed by atoms with van der Waals surface area (Å²) in [6, 6.07) is 19.4. The maximum Gasteiger partial charge on any atom is 0.240 e. The van der Waals surface area contributed by atoms with Crippen molar-refractivity contribution in [3.05, 3.63) is 83.7 Å². The van der Waals surface area contributed by atoms with Gasteiger partial charge in [0.05, 0.1) is 6.04 Å². The average molecular weight is 453 g/mol. The number of amides is 1. The highest BCUT2D eigenvalue weighted by molar-refractivity contribution is 5.79. The number of fused-ring (bicyclic) bond motifs is 3. The van der Waals surface area contributed by atoms with Crippen LogP contribution in [0.1, 0.15) is 61.3 Å². The third-order valence-electron chi connectivity index (χ3n) is 7.95. The normalized spacial score (nSPS) is 22.9. The van der Waals surface area contributed by atoms with Crippen molar-refractivity contribution < 1.29 is 4.79 Å². The maximum atomic E-state index is 13.8. The van der Waals surface area contributed by atoms with E-state index in [9.17, 15) is 4.79 Å². The molecule has 2 atom stereocenters. The van der Waals surface area contributed by atoms with Crippen LogP contribution < -0.4 is 0 Å². The third kappa shape index (κ3) is 4.03. The van der Waals surface area contributed by atoms with Gasteiger partial charge in [0.1, 0.15) is 0 Å². The number of hydrazine groups is 1. The second-order valence-corrected chi connectivity index (χ2v) is 10.1. The van der Waals surface area contributed by atoms with E-state index < -0.39 is 0 Å². The second-order valence-electron chi connectivity index (χ2n) is 10.1. The molecule has 0 unspecified atom stereocenters. The minimum atomic E-state index is 0.177. The molecule has 174 valence electrons. The quantitative estimate of drug-likeness (QED) is 0.518. The zero-order valence-electron chi connectivity index (χ0n) is 19.6. The molecule has 6 rings (SSSR count). The molecule has 3 aromatic rings. The Morgan fingerprint density at radius 1 is 0.912 bits per heavy atom. The van der Waals surface area contributed by atoms with Gasteiger partial charge in [-0.3, -0.25) is 9.80 Å². The molecule has 2 heterocycles. The summed E-state index contributed by atoms with van der Waals surface area (Å²) in [6.45, 7) is 1.56.